The lowest BCUT2D eigenvalue weighted by Gasteiger charge is -2.07. The van der Waals surface area contributed by atoms with Crippen LogP contribution in [0.15, 0.2) is 48.8 Å². The van der Waals surface area contributed by atoms with Crippen molar-refractivity contribution >= 4 is 11.6 Å². The summed E-state index contributed by atoms with van der Waals surface area (Å²) in [5.74, 6) is 0.0523. The van der Waals surface area contributed by atoms with Gasteiger partial charge in [0.25, 0.3) is 0 Å². The van der Waals surface area contributed by atoms with E-state index in [4.69, 9.17) is 4.74 Å². The molecule has 2 rings (SSSR count). The van der Waals surface area contributed by atoms with E-state index < -0.39 is 0 Å². The molecule has 0 aliphatic rings. The fourth-order valence-corrected chi connectivity index (χ4v) is 1.64. The third-order valence-electron chi connectivity index (χ3n) is 2.58. The Hall–Kier alpha value is -2.43. The van der Waals surface area contributed by atoms with Gasteiger partial charge in [0.05, 0.1) is 6.61 Å². The summed E-state index contributed by atoms with van der Waals surface area (Å²) in [6.07, 6.45) is 4.14. The van der Waals surface area contributed by atoms with Crippen molar-refractivity contribution in [1.29, 1.82) is 0 Å². The molecule has 2 aromatic rings. The SMILES string of the molecule is O=C(CCCOc1cccc(F)c1)Nc1ccncc1. The molecule has 0 unspecified atom stereocenters. The third-order valence-corrected chi connectivity index (χ3v) is 2.58. The van der Waals surface area contributed by atoms with Crippen molar-refractivity contribution in [3.8, 4) is 5.75 Å². The summed E-state index contributed by atoms with van der Waals surface area (Å²) in [5, 5.41) is 2.76. The maximum Gasteiger partial charge on any atom is 0.224 e. The van der Waals surface area contributed by atoms with Gasteiger partial charge in [0, 0.05) is 30.6 Å². The quantitative estimate of drug-likeness (QED) is 0.824. The van der Waals surface area contributed by atoms with E-state index in [-0.39, 0.29) is 11.7 Å². The van der Waals surface area contributed by atoms with E-state index in [0.717, 1.165) is 5.69 Å². The van der Waals surface area contributed by atoms with Crippen molar-refractivity contribution in [2.45, 2.75) is 12.8 Å². The predicted molar refractivity (Wildman–Crippen MR) is 74.0 cm³/mol. The molecule has 0 aliphatic carbocycles. The minimum atomic E-state index is -0.335. The van der Waals surface area contributed by atoms with Gasteiger partial charge in [-0.1, -0.05) is 6.07 Å². The first-order chi connectivity index (χ1) is 9.74. The van der Waals surface area contributed by atoms with Crippen molar-refractivity contribution in [1.82, 2.24) is 4.98 Å². The Labute approximate surface area is 116 Å². The van der Waals surface area contributed by atoms with Gasteiger partial charge in [-0.25, -0.2) is 4.39 Å². The van der Waals surface area contributed by atoms with Crippen LogP contribution in [-0.2, 0) is 4.79 Å². The number of pyridine rings is 1. The van der Waals surface area contributed by atoms with Gasteiger partial charge in [-0.2, -0.15) is 0 Å². The maximum absolute atomic E-state index is 12.9. The molecule has 1 heterocycles. The molecule has 0 fully saturated rings. The molecular weight excluding hydrogens is 259 g/mol. The topological polar surface area (TPSA) is 51.2 Å². The van der Waals surface area contributed by atoms with Gasteiger partial charge >= 0.3 is 0 Å². The van der Waals surface area contributed by atoms with Gasteiger partial charge in [0.2, 0.25) is 5.91 Å². The second kappa shape index (κ2) is 7.23. The first-order valence-corrected chi connectivity index (χ1v) is 6.32. The molecule has 0 bridgehead atoms. The van der Waals surface area contributed by atoms with Crippen LogP contribution < -0.4 is 10.1 Å². The van der Waals surface area contributed by atoms with Crippen LogP contribution in [-0.4, -0.2) is 17.5 Å². The Morgan fingerprint density at radius 2 is 2.05 bits per heavy atom. The number of nitrogens with zero attached hydrogens (tertiary/aromatic N) is 1. The number of hydrogen-bond donors (Lipinski definition) is 1. The molecular formula is C15H15FN2O2. The highest BCUT2D eigenvalue weighted by molar-refractivity contribution is 5.90. The summed E-state index contributed by atoms with van der Waals surface area (Å²) in [6.45, 7) is 0.368. The monoisotopic (exact) mass is 274 g/mol. The molecule has 1 amide bonds. The average Bonchev–Trinajstić information content (AvgIpc) is 2.45. The molecule has 1 aromatic heterocycles. The average molecular weight is 274 g/mol. The van der Waals surface area contributed by atoms with Crippen LogP contribution in [0.3, 0.4) is 0 Å². The highest BCUT2D eigenvalue weighted by atomic mass is 19.1. The lowest BCUT2D eigenvalue weighted by atomic mass is 10.3. The molecule has 20 heavy (non-hydrogen) atoms. The van der Waals surface area contributed by atoms with Gasteiger partial charge in [0.1, 0.15) is 11.6 Å². The lowest BCUT2D eigenvalue weighted by molar-refractivity contribution is -0.116. The van der Waals surface area contributed by atoms with Crippen molar-refractivity contribution < 1.29 is 13.9 Å². The molecule has 1 N–H and O–H groups in total. The summed E-state index contributed by atoms with van der Waals surface area (Å²) in [7, 11) is 0. The summed E-state index contributed by atoms with van der Waals surface area (Å²) in [6, 6.07) is 9.38. The second-order valence-corrected chi connectivity index (χ2v) is 4.19. The van der Waals surface area contributed by atoms with Gasteiger partial charge in [-0.15, -0.1) is 0 Å². The Morgan fingerprint density at radius 1 is 1.25 bits per heavy atom. The Bertz CT molecular complexity index is 561. The highest BCUT2D eigenvalue weighted by Gasteiger charge is 2.02. The van der Waals surface area contributed by atoms with Crippen LogP contribution in [0.2, 0.25) is 0 Å². The number of anilines is 1. The molecule has 0 atom stereocenters. The van der Waals surface area contributed by atoms with E-state index in [1.807, 2.05) is 0 Å². The summed E-state index contributed by atoms with van der Waals surface area (Å²) in [4.78, 5) is 15.5. The van der Waals surface area contributed by atoms with Gasteiger partial charge < -0.3 is 10.1 Å². The fraction of sp³-hybridized carbons (Fsp3) is 0.200. The lowest BCUT2D eigenvalue weighted by Crippen LogP contribution is -2.12. The standard InChI is InChI=1S/C15H15FN2O2/c16-12-3-1-4-14(11-12)20-10-2-5-15(19)18-13-6-8-17-9-7-13/h1,3-4,6-9,11H,2,5,10H2,(H,17,18,19). The number of carbonyl (C=O) groups is 1. The minimum absolute atomic E-state index is 0.0842. The van der Waals surface area contributed by atoms with Crippen LogP contribution in [0.1, 0.15) is 12.8 Å². The van der Waals surface area contributed by atoms with E-state index in [9.17, 15) is 9.18 Å². The Morgan fingerprint density at radius 3 is 2.80 bits per heavy atom. The van der Waals surface area contributed by atoms with Gasteiger partial charge in [-0.05, 0) is 30.7 Å². The number of nitrogens with one attached hydrogen (secondary N) is 1. The van der Waals surface area contributed by atoms with Crippen LogP contribution >= 0.6 is 0 Å². The number of hydrogen-bond acceptors (Lipinski definition) is 3. The largest absolute Gasteiger partial charge is 0.493 e. The number of rotatable bonds is 6. The molecule has 0 spiro atoms. The molecule has 4 nitrogen and oxygen atoms in total. The molecule has 1 aromatic carbocycles. The van der Waals surface area contributed by atoms with Crippen LogP contribution in [0, 0.1) is 5.82 Å². The minimum Gasteiger partial charge on any atom is -0.493 e. The highest BCUT2D eigenvalue weighted by Crippen LogP contribution is 2.12. The zero-order valence-corrected chi connectivity index (χ0v) is 10.9. The molecule has 0 saturated heterocycles. The molecule has 5 heteroatoms. The summed E-state index contributed by atoms with van der Waals surface area (Å²) >= 11 is 0. The van der Waals surface area contributed by atoms with Gasteiger partial charge in [-0.3, -0.25) is 9.78 Å². The zero-order valence-electron chi connectivity index (χ0n) is 10.9. The second-order valence-electron chi connectivity index (χ2n) is 4.19. The van der Waals surface area contributed by atoms with Crippen LogP contribution in [0.25, 0.3) is 0 Å². The normalized spacial score (nSPS) is 10.1. The fourth-order valence-electron chi connectivity index (χ4n) is 1.64. The molecule has 0 radical (unpaired) electrons. The Kier molecular flexibility index (Phi) is 5.06. The number of carbonyl (C=O) groups excluding carboxylic acids is 1. The van der Waals surface area contributed by atoms with E-state index in [1.54, 1.807) is 36.7 Å². The van der Waals surface area contributed by atoms with Crippen molar-refractivity contribution in [3.63, 3.8) is 0 Å². The molecule has 104 valence electrons. The van der Waals surface area contributed by atoms with Gasteiger partial charge in [0.15, 0.2) is 0 Å². The number of halogens is 1. The number of amides is 1. The summed E-state index contributed by atoms with van der Waals surface area (Å²) < 4.78 is 18.3. The molecule has 0 saturated carbocycles. The smallest absolute Gasteiger partial charge is 0.224 e. The summed E-state index contributed by atoms with van der Waals surface area (Å²) in [5.41, 5.74) is 0.719. The van der Waals surface area contributed by atoms with Crippen molar-refractivity contribution in [3.05, 3.63) is 54.6 Å². The van der Waals surface area contributed by atoms with Crippen molar-refractivity contribution in [2.75, 3.05) is 11.9 Å². The zero-order chi connectivity index (χ0) is 14.2. The number of benzene rings is 1. The maximum atomic E-state index is 12.9. The first-order valence-electron chi connectivity index (χ1n) is 6.32. The predicted octanol–water partition coefficient (Wildman–Crippen LogP) is 3.02. The van der Waals surface area contributed by atoms with Crippen LogP contribution in [0.5, 0.6) is 5.75 Å². The van der Waals surface area contributed by atoms with Crippen molar-refractivity contribution in [2.24, 2.45) is 0 Å². The Balaban J connectivity index is 1.67. The van der Waals surface area contributed by atoms with Crippen LogP contribution in [0.4, 0.5) is 10.1 Å². The first kappa shape index (κ1) is 14.0. The van der Waals surface area contributed by atoms with E-state index in [0.29, 0.717) is 25.2 Å². The van der Waals surface area contributed by atoms with E-state index in [1.165, 1.54) is 12.1 Å². The number of ether oxygens (including phenoxy) is 1. The van der Waals surface area contributed by atoms with E-state index in [2.05, 4.69) is 10.3 Å². The number of aromatic nitrogens is 1. The third kappa shape index (κ3) is 4.68. The molecule has 0 aliphatic heterocycles. The van der Waals surface area contributed by atoms with E-state index >= 15 is 0 Å².